The molecule has 0 fully saturated rings. The van der Waals surface area contributed by atoms with Gasteiger partial charge in [0.1, 0.15) is 0 Å². The lowest BCUT2D eigenvalue weighted by Crippen LogP contribution is -2.29. The number of nitrogens with one attached hydrogen (secondary N) is 1. The third-order valence-electron chi connectivity index (χ3n) is 0.885. The Hall–Kier alpha value is -1.52. The second kappa shape index (κ2) is 4.32. The second-order valence-corrected chi connectivity index (χ2v) is 1.85. The van der Waals surface area contributed by atoms with Crippen molar-refractivity contribution < 1.29 is 14.3 Å². The van der Waals surface area contributed by atoms with Crippen LogP contribution in [-0.2, 0) is 9.53 Å². The van der Waals surface area contributed by atoms with E-state index in [-0.39, 0.29) is 12.1 Å². The number of urea groups is 1. The smallest absolute Gasteiger partial charge is 0.316 e. The second-order valence-electron chi connectivity index (χ2n) is 1.85. The van der Waals surface area contributed by atoms with Gasteiger partial charge in [-0.2, -0.15) is 0 Å². The lowest BCUT2D eigenvalue weighted by molar-refractivity contribution is -0.139. The fourth-order valence-electron chi connectivity index (χ4n) is 0.465. The van der Waals surface area contributed by atoms with Gasteiger partial charge in [0, 0.05) is 5.70 Å². The molecular formula is C6H10N2O3. The summed E-state index contributed by atoms with van der Waals surface area (Å²) in [6.45, 7) is 3.37. The molecule has 0 aliphatic heterocycles. The average molecular weight is 158 g/mol. The number of carbonyl (C=O) groups is 2. The predicted octanol–water partition coefficient (Wildman–Crippen LogP) is -0.268. The molecule has 0 aromatic rings. The van der Waals surface area contributed by atoms with Crippen molar-refractivity contribution in [2.24, 2.45) is 5.73 Å². The van der Waals surface area contributed by atoms with E-state index < -0.39 is 12.0 Å². The first-order valence-electron chi connectivity index (χ1n) is 2.87. The zero-order chi connectivity index (χ0) is 8.85. The summed E-state index contributed by atoms with van der Waals surface area (Å²) in [5.74, 6) is -0.469. The first kappa shape index (κ1) is 9.48. The molecule has 5 heteroatoms. The predicted molar refractivity (Wildman–Crippen MR) is 38.5 cm³/mol. The number of methoxy groups -OCH3 is 1. The van der Waals surface area contributed by atoms with Crippen molar-refractivity contribution in [3.8, 4) is 0 Å². The Bertz CT molecular complexity index is 188. The minimum absolute atomic E-state index is 0.0561. The number of carbonyl (C=O) groups excluding carboxylic acids is 2. The van der Waals surface area contributed by atoms with Crippen molar-refractivity contribution in [3.63, 3.8) is 0 Å². The van der Waals surface area contributed by atoms with Crippen LogP contribution in [0.4, 0.5) is 4.79 Å². The molecule has 0 saturated carbocycles. The Kier molecular flexibility index (Phi) is 3.72. The average Bonchev–Trinajstić information content (AvgIpc) is 1.85. The van der Waals surface area contributed by atoms with E-state index in [1.165, 1.54) is 7.11 Å². The van der Waals surface area contributed by atoms with E-state index in [1.54, 1.807) is 0 Å². The molecule has 2 amide bonds. The fraction of sp³-hybridized carbons (Fsp3) is 0.333. The number of hydrogen-bond acceptors (Lipinski definition) is 3. The largest absolute Gasteiger partial charge is 0.469 e. The van der Waals surface area contributed by atoms with E-state index in [0.29, 0.717) is 0 Å². The Balaban J connectivity index is 3.70. The van der Waals surface area contributed by atoms with Crippen molar-refractivity contribution in [1.29, 1.82) is 0 Å². The Labute approximate surface area is 64.2 Å². The molecule has 62 valence electrons. The summed E-state index contributed by atoms with van der Waals surface area (Å²) >= 11 is 0. The van der Waals surface area contributed by atoms with Crippen molar-refractivity contribution in [3.05, 3.63) is 12.3 Å². The summed E-state index contributed by atoms with van der Waals surface area (Å²) in [4.78, 5) is 20.7. The zero-order valence-electron chi connectivity index (χ0n) is 6.22. The minimum atomic E-state index is -0.737. The van der Waals surface area contributed by atoms with E-state index >= 15 is 0 Å². The zero-order valence-corrected chi connectivity index (χ0v) is 6.22. The fourth-order valence-corrected chi connectivity index (χ4v) is 0.465. The van der Waals surface area contributed by atoms with Gasteiger partial charge >= 0.3 is 12.0 Å². The highest BCUT2D eigenvalue weighted by atomic mass is 16.5. The SMILES string of the molecule is C=C(CC(=O)OC)NC(N)=O. The van der Waals surface area contributed by atoms with Crippen LogP contribution in [0.1, 0.15) is 6.42 Å². The number of amides is 2. The lowest BCUT2D eigenvalue weighted by atomic mass is 10.3. The number of esters is 1. The van der Waals surface area contributed by atoms with Gasteiger partial charge in [0.15, 0.2) is 0 Å². The monoisotopic (exact) mass is 158 g/mol. The van der Waals surface area contributed by atoms with Crippen molar-refractivity contribution in [2.45, 2.75) is 6.42 Å². The molecule has 0 heterocycles. The third kappa shape index (κ3) is 4.95. The molecule has 0 unspecified atom stereocenters. The maximum Gasteiger partial charge on any atom is 0.316 e. The molecule has 5 nitrogen and oxygen atoms in total. The van der Waals surface area contributed by atoms with E-state index in [0.717, 1.165) is 0 Å². The van der Waals surface area contributed by atoms with Gasteiger partial charge in [0.25, 0.3) is 0 Å². The van der Waals surface area contributed by atoms with Gasteiger partial charge < -0.3 is 15.8 Å². The maximum atomic E-state index is 10.5. The minimum Gasteiger partial charge on any atom is -0.469 e. The van der Waals surface area contributed by atoms with Crippen molar-refractivity contribution >= 4 is 12.0 Å². The highest BCUT2D eigenvalue weighted by molar-refractivity contribution is 5.77. The van der Waals surface area contributed by atoms with Gasteiger partial charge in [-0.15, -0.1) is 0 Å². The summed E-state index contributed by atoms with van der Waals surface area (Å²) in [5, 5.41) is 2.15. The summed E-state index contributed by atoms with van der Waals surface area (Å²) in [5.41, 5.74) is 4.97. The molecule has 0 saturated heterocycles. The number of hydrogen-bond donors (Lipinski definition) is 2. The molecule has 0 aromatic heterocycles. The van der Waals surface area contributed by atoms with Crippen molar-refractivity contribution in [2.75, 3.05) is 7.11 Å². The van der Waals surface area contributed by atoms with Gasteiger partial charge in [-0.05, 0) is 0 Å². The molecule has 0 atom stereocenters. The van der Waals surface area contributed by atoms with E-state index in [4.69, 9.17) is 5.73 Å². The summed E-state index contributed by atoms with van der Waals surface area (Å²) in [6, 6.07) is -0.737. The van der Waals surface area contributed by atoms with E-state index in [1.807, 2.05) is 0 Å². The standard InChI is InChI=1S/C6H10N2O3/c1-4(8-6(7)10)3-5(9)11-2/h1,3H2,2H3,(H3,7,8,10). The highest BCUT2D eigenvalue weighted by Gasteiger charge is 2.04. The van der Waals surface area contributed by atoms with Gasteiger partial charge in [0.2, 0.25) is 0 Å². The van der Waals surface area contributed by atoms with Crippen LogP contribution in [0.3, 0.4) is 0 Å². The molecule has 0 radical (unpaired) electrons. The molecule has 0 rings (SSSR count). The van der Waals surface area contributed by atoms with Crippen LogP contribution in [0.15, 0.2) is 12.3 Å². The summed E-state index contributed by atoms with van der Waals surface area (Å²) in [6.07, 6.45) is -0.0561. The summed E-state index contributed by atoms with van der Waals surface area (Å²) < 4.78 is 4.31. The quantitative estimate of drug-likeness (QED) is 0.555. The number of primary amides is 1. The molecule has 0 aromatic carbocycles. The lowest BCUT2D eigenvalue weighted by Gasteiger charge is -2.02. The Morgan fingerprint density at radius 3 is 2.55 bits per heavy atom. The molecule has 0 aliphatic rings. The normalized spacial score (nSPS) is 8.45. The number of nitrogens with two attached hydrogens (primary N) is 1. The Morgan fingerprint density at radius 2 is 2.18 bits per heavy atom. The Morgan fingerprint density at radius 1 is 1.64 bits per heavy atom. The highest BCUT2D eigenvalue weighted by Crippen LogP contribution is 1.93. The van der Waals surface area contributed by atoms with Crippen LogP contribution in [0.2, 0.25) is 0 Å². The molecule has 3 N–H and O–H groups in total. The topological polar surface area (TPSA) is 81.4 Å². The van der Waals surface area contributed by atoms with Gasteiger partial charge in [0.05, 0.1) is 13.5 Å². The first-order chi connectivity index (χ1) is 5.06. The number of ether oxygens (including phenoxy) is 1. The third-order valence-corrected chi connectivity index (χ3v) is 0.885. The van der Waals surface area contributed by atoms with Gasteiger partial charge in [-0.1, -0.05) is 6.58 Å². The first-order valence-corrected chi connectivity index (χ1v) is 2.87. The van der Waals surface area contributed by atoms with Crippen LogP contribution < -0.4 is 11.1 Å². The maximum absolute atomic E-state index is 10.5. The van der Waals surface area contributed by atoms with E-state index in [9.17, 15) is 9.59 Å². The molecule has 0 aliphatic carbocycles. The molecule has 0 spiro atoms. The molecule has 0 bridgehead atoms. The summed E-state index contributed by atoms with van der Waals surface area (Å²) in [7, 11) is 1.25. The van der Waals surface area contributed by atoms with Gasteiger partial charge in [-0.3, -0.25) is 4.79 Å². The van der Waals surface area contributed by atoms with Crippen LogP contribution >= 0.6 is 0 Å². The molecular weight excluding hydrogens is 148 g/mol. The van der Waals surface area contributed by atoms with Crippen molar-refractivity contribution in [1.82, 2.24) is 5.32 Å². The van der Waals surface area contributed by atoms with Crippen LogP contribution in [0.5, 0.6) is 0 Å². The number of rotatable bonds is 3. The van der Waals surface area contributed by atoms with Crippen LogP contribution in [0, 0.1) is 0 Å². The van der Waals surface area contributed by atoms with Crippen LogP contribution in [-0.4, -0.2) is 19.1 Å². The van der Waals surface area contributed by atoms with Gasteiger partial charge in [-0.25, -0.2) is 4.79 Å². The molecule has 11 heavy (non-hydrogen) atoms. The van der Waals surface area contributed by atoms with E-state index in [2.05, 4.69) is 16.6 Å². The van der Waals surface area contributed by atoms with Crippen LogP contribution in [0.25, 0.3) is 0 Å².